The second-order valence-electron chi connectivity index (χ2n) is 5.97. The lowest BCUT2D eigenvalue weighted by molar-refractivity contribution is -0.676. The maximum Gasteiger partial charge on any atom is 0.186 e. The number of benzene rings is 2. The van der Waals surface area contributed by atoms with Gasteiger partial charge in [0, 0.05) is 29.3 Å². The topological polar surface area (TPSA) is 19.7 Å². The van der Waals surface area contributed by atoms with Gasteiger partial charge in [-0.1, -0.05) is 18.2 Å². The van der Waals surface area contributed by atoms with Crippen LogP contribution in [0.1, 0.15) is 16.8 Å². The predicted molar refractivity (Wildman–Crippen MR) is 88.7 cm³/mol. The molecular formula is C19H19N2+. The molecule has 0 amide bonds. The summed E-state index contributed by atoms with van der Waals surface area (Å²) in [6, 6.07) is 10.8. The zero-order valence-corrected chi connectivity index (χ0v) is 12.9. The molecule has 0 unspecified atom stereocenters. The Morgan fingerprint density at radius 2 is 1.62 bits per heavy atom. The van der Waals surface area contributed by atoms with Crippen molar-refractivity contribution in [3.8, 4) is 0 Å². The quantitative estimate of drug-likeness (QED) is 0.463. The molecule has 0 saturated heterocycles. The van der Waals surface area contributed by atoms with Gasteiger partial charge in [-0.15, -0.1) is 0 Å². The third kappa shape index (κ3) is 1.50. The monoisotopic (exact) mass is 275 g/mol. The maximum atomic E-state index is 3.61. The summed E-state index contributed by atoms with van der Waals surface area (Å²) >= 11 is 0. The molecule has 4 aromatic rings. The second kappa shape index (κ2) is 4.08. The molecule has 2 aromatic heterocycles. The Labute approximate surface area is 124 Å². The largest absolute Gasteiger partial charge is 0.354 e. The van der Waals surface area contributed by atoms with Gasteiger partial charge in [0.2, 0.25) is 0 Å². The summed E-state index contributed by atoms with van der Waals surface area (Å²) in [5.74, 6) is 0. The van der Waals surface area contributed by atoms with Crippen molar-refractivity contribution < 1.29 is 4.57 Å². The fraction of sp³-hybridized carbons (Fsp3) is 0.211. The first-order chi connectivity index (χ1) is 10.1. The summed E-state index contributed by atoms with van der Waals surface area (Å²) in [5.41, 5.74) is 6.52. The molecule has 1 N–H and O–H groups in total. The van der Waals surface area contributed by atoms with Crippen molar-refractivity contribution in [1.82, 2.24) is 4.98 Å². The normalized spacial score (nSPS) is 11.8. The van der Waals surface area contributed by atoms with Gasteiger partial charge in [-0.05, 0) is 36.4 Å². The minimum Gasteiger partial charge on any atom is -0.354 e. The number of H-pyrrole nitrogens is 1. The minimum absolute atomic E-state index is 1.22. The zero-order chi connectivity index (χ0) is 14.7. The fourth-order valence-corrected chi connectivity index (χ4v) is 3.61. The maximum absolute atomic E-state index is 3.61. The van der Waals surface area contributed by atoms with Crippen molar-refractivity contribution in [3.05, 3.63) is 53.3 Å². The van der Waals surface area contributed by atoms with Crippen LogP contribution in [0.25, 0.3) is 32.6 Å². The van der Waals surface area contributed by atoms with Crippen molar-refractivity contribution in [3.63, 3.8) is 0 Å². The molecule has 2 heterocycles. The van der Waals surface area contributed by atoms with E-state index in [1.807, 2.05) is 0 Å². The molecular weight excluding hydrogens is 256 g/mol. The Balaban J connectivity index is 2.39. The van der Waals surface area contributed by atoms with Crippen LogP contribution in [-0.2, 0) is 7.05 Å². The molecule has 21 heavy (non-hydrogen) atoms. The molecule has 0 spiro atoms. The van der Waals surface area contributed by atoms with Crippen LogP contribution >= 0.6 is 0 Å². The van der Waals surface area contributed by atoms with E-state index in [1.54, 1.807) is 0 Å². The molecule has 0 bridgehead atoms. The number of nitrogens with one attached hydrogen (secondary N) is 1. The zero-order valence-electron chi connectivity index (χ0n) is 12.9. The van der Waals surface area contributed by atoms with Gasteiger partial charge in [0.05, 0.1) is 10.9 Å². The smallest absolute Gasteiger partial charge is 0.186 e. The van der Waals surface area contributed by atoms with Gasteiger partial charge in [-0.2, -0.15) is 0 Å². The van der Waals surface area contributed by atoms with E-state index in [0.29, 0.717) is 0 Å². The first-order valence-electron chi connectivity index (χ1n) is 7.38. The fourth-order valence-electron chi connectivity index (χ4n) is 3.61. The van der Waals surface area contributed by atoms with Gasteiger partial charge >= 0.3 is 0 Å². The highest BCUT2D eigenvalue weighted by molar-refractivity contribution is 6.16. The van der Waals surface area contributed by atoms with Crippen molar-refractivity contribution in [2.45, 2.75) is 20.8 Å². The number of pyridine rings is 1. The third-order valence-electron chi connectivity index (χ3n) is 4.86. The predicted octanol–water partition coefficient (Wildman–Crippen LogP) is 4.22. The van der Waals surface area contributed by atoms with Gasteiger partial charge in [0.25, 0.3) is 0 Å². The molecule has 0 radical (unpaired) electrons. The standard InChI is InChI=1S/C19H18N2/c1-11-14-9-10-21(4)13(3)17(14)12(2)18-15-7-5-6-8-16(15)20-19(11)18/h5-10H,1-4H3/p+1. The van der Waals surface area contributed by atoms with Crippen LogP contribution in [0.3, 0.4) is 0 Å². The van der Waals surface area contributed by atoms with Crippen molar-refractivity contribution in [2.24, 2.45) is 7.05 Å². The Morgan fingerprint density at radius 3 is 2.43 bits per heavy atom. The summed E-state index contributed by atoms with van der Waals surface area (Å²) in [4.78, 5) is 3.61. The second-order valence-corrected chi connectivity index (χ2v) is 5.97. The van der Waals surface area contributed by atoms with Gasteiger partial charge < -0.3 is 4.98 Å². The first-order valence-corrected chi connectivity index (χ1v) is 7.38. The number of fused-ring (bicyclic) bond motifs is 4. The summed E-state index contributed by atoms with van der Waals surface area (Å²) in [5, 5.41) is 5.42. The number of aryl methyl sites for hydroxylation is 4. The Hall–Kier alpha value is -2.35. The molecule has 2 aromatic carbocycles. The molecule has 104 valence electrons. The average molecular weight is 275 g/mol. The van der Waals surface area contributed by atoms with Gasteiger partial charge in [0.1, 0.15) is 7.05 Å². The molecule has 0 aliphatic rings. The van der Waals surface area contributed by atoms with E-state index >= 15 is 0 Å². The van der Waals surface area contributed by atoms with Crippen LogP contribution in [-0.4, -0.2) is 4.98 Å². The van der Waals surface area contributed by atoms with Crippen molar-refractivity contribution in [2.75, 3.05) is 0 Å². The van der Waals surface area contributed by atoms with E-state index in [4.69, 9.17) is 0 Å². The highest BCUT2D eigenvalue weighted by atomic mass is 14.9. The third-order valence-corrected chi connectivity index (χ3v) is 4.86. The lowest BCUT2D eigenvalue weighted by atomic mass is 9.95. The van der Waals surface area contributed by atoms with Crippen LogP contribution in [0, 0.1) is 20.8 Å². The molecule has 0 aliphatic heterocycles. The van der Waals surface area contributed by atoms with E-state index in [2.05, 4.69) is 73.9 Å². The van der Waals surface area contributed by atoms with Crippen LogP contribution in [0.4, 0.5) is 0 Å². The summed E-state index contributed by atoms with van der Waals surface area (Å²) in [7, 11) is 2.11. The molecule has 2 heteroatoms. The van der Waals surface area contributed by atoms with Gasteiger partial charge in [-0.3, -0.25) is 0 Å². The molecule has 2 nitrogen and oxygen atoms in total. The Kier molecular flexibility index (Phi) is 2.41. The van der Waals surface area contributed by atoms with E-state index in [1.165, 1.54) is 49.4 Å². The number of hydrogen-bond acceptors (Lipinski definition) is 0. The van der Waals surface area contributed by atoms with E-state index in [0.717, 1.165) is 0 Å². The number of nitrogens with zero attached hydrogens (tertiary/aromatic N) is 1. The minimum atomic E-state index is 1.22. The first kappa shape index (κ1) is 12.4. The summed E-state index contributed by atoms with van der Waals surface area (Å²) < 4.78 is 2.20. The van der Waals surface area contributed by atoms with Gasteiger partial charge in [-0.25, -0.2) is 4.57 Å². The van der Waals surface area contributed by atoms with Crippen molar-refractivity contribution in [1.29, 1.82) is 0 Å². The van der Waals surface area contributed by atoms with E-state index in [-0.39, 0.29) is 0 Å². The lowest BCUT2D eigenvalue weighted by Crippen LogP contribution is -2.31. The number of rotatable bonds is 0. The number of para-hydroxylation sites is 1. The van der Waals surface area contributed by atoms with Crippen LogP contribution in [0.5, 0.6) is 0 Å². The Morgan fingerprint density at radius 1 is 0.857 bits per heavy atom. The van der Waals surface area contributed by atoms with Crippen molar-refractivity contribution >= 4 is 32.6 Å². The van der Waals surface area contributed by atoms with Crippen LogP contribution in [0.15, 0.2) is 36.5 Å². The average Bonchev–Trinajstić information content (AvgIpc) is 2.87. The number of hydrogen-bond donors (Lipinski definition) is 1. The number of aromatic nitrogens is 2. The molecule has 0 atom stereocenters. The van der Waals surface area contributed by atoms with E-state index < -0.39 is 0 Å². The molecule has 0 aliphatic carbocycles. The number of aromatic amines is 1. The molecule has 4 rings (SSSR count). The van der Waals surface area contributed by atoms with Gasteiger partial charge in [0.15, 0.2) is 11.9 Å². The lowest BCUT2D eigenvalue weighted by Gasteiger charge is -2.10. The Bertz CT molecular complexity index is 1020. The summed E-state index contributed by atoms with van der Waals surface area (Å²) in [6.07, 6.45) is 2.15. The van der Waals surface area contributed by atoms with Crippen LogP contribution < -0.4 is 4.57 Å². The molecule has 0 fully saturated rings. The van der Waals surface area contributed by atoms with E-state index in [9.17, 15) is 0 Å². The summed E-state index contributed by atoms with van der Waals surface area (Å²) in [6.45, 7) is 6.67. The highest BCUT2D eigenvalue weighted by Crippen LogP contribution is 2.36. The van der Waals surface area contributed by atoms with Crippen LogP contribution in [0.2, 0.25) is 0 Å². The highest BCUT2D eigenvalue weighted by Gasteiger charge is 2.18. The molecule has 0 saturated carbocycles. The SMILES string of the molecule is Cc1c2cc[n+](C)c(C)c2c(C)c2c1[nH]c1ccccc12.